The van der Waals surface area contributed by atoms with Gasteiger partial charge in [-0.2, -0.15) is 0 Å². The Kier molecular flexibility index (Phi) is 6.93. The van der Waals surface area contributed by atoms with Crippen LogP contribution in [-0.2, 0) is 0 Å². The van der Waals surface area contributed by atoms with E-state index in [0.717, 1.165) is 19.5 Å². The summed E-state index contributed by atoms with van der Waals surface area (Å²) in [5.41, 5.74) is 0.396. The molecule has 1 N–H and O–H groups in total. The molecule has 1 aromatic rings. The smallest absolute Gasteiger partial charge is 0.274 e. The van der Waals surface area contributed by atoms with Crippen LogP contribution in [0, 0.1) is 0 Å². The molecule has 0 aliphatic carbocycles. The van der Waals surface area contributed by atoms with Crippen LogP contribution in [0.15, 0.2) is 12.1 Å². The molecule has 1 amide bonds. The molecule has 0 unspecified atom stereocenters. The third-order valence-corrected chi connectivity index (χ3v) is 3.02. The highest BCUT2D eigenvalue weighted by atomic mass is 16.2. The van der Waals surface area contributed by atoms with E-state index in [4.69, 9.17) is 0 Å². The quantitative estimate of drug-likeness (QED) is 0.727. The number of hydrogen-bond acceptors (Lipinski definition) is 5. The Morgan fingerprint density at radius 3 is 2.40 bits per heavy atom. The van der Waals surface area contributed by atoms with E-state index in [-0.39, 0.29) is 5.91 Å². The summed E-state index contributed by atoms with van der Waals surface area (Å²) in [6, 6.07) is 3.53. The molecule has 20 heavy (non-hydrogen) atoms. The molecule has 0 radical (unpaired) electrons. The lowest BCUT2D eigenvalue weighted by molar-refractivity contribution is 0.0766. The molecule has 0 spiro atoms. The van der Waals surface area contributed by atoms with Gasteiger partial charge < -0.3 is 15.1 Å². The summed E-state index contributed by atoms with van der Waals surface area (Å²) in [4.78, 5) is 15.9. The standard InChI is InChI=1S/C14H25N5O/c1-5-19(6-2)14(20)12-8-9-13(17-16-12)15-10-7-11-18(3)4/h8-9H,5-7,10-11H2,1-4H3,(H,15,17). The number of nitrogens with zero attached hydrogens (tertiary/aromatic N) is 4. The van der Waals surface area contributed by atoms with Crippen LogP contribution in [0.3, 0.4) is 0 Å². The van der Waals surface area contributed by atoms with Crippen molar-refractivity contribution in [3.63, 3.8) is 0 Å². The number of carbonyl (C=O) groups excluding carboxylic acids is 1. The first-order valence-corrected chi connectivity index (χ1v) is 7.10. The summed E-state index contributed by atoms with van der Waals surface area (Å²) < 4.78 is 0. The molecule has 112 valence electrons. The van der Waals surface area contributed by atoms with Crippen LogP contribution in [0.2, 0.25) is 0 Å². The van der Waals surface area contributed by atoms with Gasteiger partial charge in [-0.05, 0) is 53.0 Å². The second-order valence-corrected chi connectivity index (χ2v) is 4.86. The molecule has 0 atom stereocenters. The van der Waals surface area contributed by atoms with Crippen molar-refractivity contribution in [3.8, 4) is 0 Å². The van der Waals surface area contributed by atoms with Gasteiger partial charge in [0.2, 0.25) is 0 Å². The summed E-state index contributed by atoms with van der Waals surface area (Å²) in [6.07, 6.45) is 1.04. The second-order valence-electron chi connectivity index (χ2n) is 4.86. The van der Waals surface area contributed by atoms with Gasteiger partial charge in [-0.3, -0.25) is 4.79 Å². The van der Waals surface area contributed by atoms with Gasteiger partial charge in [-0.25, -0.2) is 0 Å². The molecular weight excluding hydrogens is 254 g/mol. The molecule has 0 bridgehead atoms. The maximum absolute atomic E-state index is 12.1. The molecular formula is C14H25N5O. The highest BCUT2D eigenvalue weighted by molar-refractivity contribution is 5.92. The number of nitrogens with one attached hydrogen (secondary N) is 1. The van der Waals surface area contributed by atoms with Gasteiger partial charge in [0.15, 0.2) is 5.69 Å². The van der Waals surface area contributed by atoms with E-state index in [1.54, 1.807) is 17.0 Å². The van der Waals surface area contributed by atoms with Crippen molar-refractivity contribution in [1.29, 1.82) is 0 Å². The van der Waals surface area contributed by atoms with Crippen LogP contribution in [-0.4, -0.2) is 66.2 Å². The minimum atomic E-state index is -0.0679. The summed E-state index contributed by atoms with van der Waals surface area (Å²) in [6.45, 7) is 7.14. The fourth-order valence-electron chi connectivity index (χ4n) is 1.83. The monoisotopic (exact) mass is 279 g/mol. The molecule has 0 aliphatic heterocycles. The number of anilines is 1. The predicted molar refractivity (Wildman–Crippen MR) is 80.9 cm³/mol. The van der Waals surface area contributed by atoms with Gasteiger partial charge >= 0.3 is 0 Å². The minimum Gasteiger partial charge on any atom is -0.369 e. The van der Waals surface area contributed by atoms with E-state index >= 15 is 0 Å². The summed E-state index contributed by atoms with van der Waals surface area (Å²) >= 11 is 0. The lowest BCUT2D eigenvalue weighted by Gasteiger charge is -2.17. The van der Waals surface area contributed by atoms with E-state index in [1.807, 2.05) is 27.9 Å². The average molecular weight is 279 g/mol. The largest absolute Gasteiger partial charge is 0.369 e. The molecule has 1 heterocycles. The average Bonchev–Trinajstić information content (AvgIpc) is 2.45. The maximum Gasteiger partial charge on any atom is 0.274 e. The lowest BCUT2D eigenvalue weighted by atomic mass is 10.3. The molecule has 0 fully saturated rings. The van der Waals surface area contributed by atoms with Crippen molar-refractivity contribution in [2.75, 3.05) is 45.6 Å². The summed E-state index contributed by atoms with van der Waals surface area (Å²) in [5, 5.41) is 11.2. The van der Waals surface area contributed by atoms with Gasteiger partial charge in [-0.15, -0.1) is 10.2 Å². The van der Waals surface area contributed by atoms with Crippen LogP contribution in [0.5, 0.6) is 0 Å². The zero-order chi connectivity index (χ0) is 15.0. The van der Waals surface area contributed by atoms with Gasteiger partial charge in [0.1, 0.15) is 5.82 Å². The van der Waals surface area contributed by atoms with Crippen LogP contribution in [0.25, 0.3) is 0 Å². The Morgan fingerprint density at radius 2 is 1.90 bits per heavy atom. The zero-order valence-electron chi connectivity index (χ0n) is 12.9. The topological polar surface area (TPSA) is 61.4 Å². The van der Waals surface area contributed by atoms with Crippen molar-refractivity contribution in [2.45, 2.75) is 20.3 Å². The minimum absolute atomic E-state index is 0.0679. The van der Waals surface area contributed by atoms with Gasteiger partial charge in [0.25, 0.3) is 5.91 Å². The predicted octanol–water partition coefficient (Wildman–Crippen LogP) is 1.32. The molecule has 1 aromatic heterocycles. The molecule has 0 saturated heterocycles. The SMILES string of the molecule is CCN(CC)C(=O)c1ccc(NCCCN(C)C)nn1. The number of hydrogen-bond donors (Lipinski definition) is 1. The van der Waals surface area contributed by atoms with Gasteiger partial charge in [0, 0.05) is 19.6 Å². The van der Waals surface area contributed by atoms with Gasteiger partial charge in [-0.1, -0.05) is 0 Å². The normalized spacial score (nSPS) is 10.7. The van der Waals surface area contributed by atoms with Crippen molar-refractivity contribution >= 4 is 11.7 Å². The van der Waals surface area contributed by atoms with E-state index in [9.17, 15) is 4.79 Å². The fraction of sp³-hybridized carbons (Fsp3) is 0.643. The lowest BCUT2D eigenvalue weighted by Crippen LogP contribution is -2.31. The van der Waals surface area contributed by atoms with E-state index in [0.29, 0.717) is 24.6 Å². The Balaban J connectivity index is 2.49. The molecule has 0 aliphatic rings. The zero-order valence-corrected chi connectivity index (χ0v) is 12.9. The first kappa shape index (κ1) is 16.4. The van der Waals surface area contributed by atoms with Crippen molar-refractivity contribution in [3.05, 3.63) is 17.8 Å². The third kappa shape index (κ3) is 5.13. The van der Waals surface area contributed by atoms with Crippen LogP contribution in [0.1, 0.15) is 30.8 Å². The van der Waals surface area contributed by atoms with Crippen molar-refractivity contribution < 1.29 is 4.79 Å². The number of aromatic nitrogens is 2. The molecule has 0 saturated carbocycles. The Hall–Kier alpha value is -1.69. The van der Waals surface area contributed by atoms with E-state index in [2.05, 4.69) is 20.4 Å². The fourth-order valence-corrected chi connectivity index (χ4v) is 1.83. The molecule has 6 heteroatoms. The van der Waals surface area contributed by atoms with Crippen molar-refractivity contribution in [2.24, 2.45) is 0 Å². The van der Waals surface area contributed by atoms with Crippen LogP contribution < -0.4 is 5.32 Å². The van der Waals surface area contributed by atoms with E-state index < -0.39 is 0 Å². The Morgan fingerprint density at radius 1 is 1.20 bits per heavy atom. The van der Waals surface area contributed by atoms with Crippen LogP contribution >= 0.6 is 0 Å². The Bertz CT molecular complexity index is 401. The molecule has 0 aromatic carbocycles. The molecule has 1 rings (SSSR count). The summed E-state index contributed by atoms with van der Waals surface area (Å²) in [5.74, 6) is 0.640. The molecule has 6 nitrogen and oxygen atoms in total. The highest BCUT2D eigenvalue weighted by Gasteiger charge is 2.14. The van der Waals surface area contributed by atoms with E-state index in [1.165, 1.54) is 0 Å². The number of amides is 1. The first-order chi connectivity index (χ1) is 9.58. The number of rotatable bonds is 8. The van der Waals surface area contributed by atoms with Crippen LogP contribution in [0.4, 0.5) is 5.82 Å². The summed E-state index contributed by atoms with van der Waals surface area (Å²) in [7, 11) is 4.10. The second kappa shape index (κ2) is 8.47. The highest BCUT2D eigenvalue weighted by Crippen LogP contribution is 2.05. The van der Waals surface area contributed by atoms with Crippen molar-refractivity contribution in [1.82, 2.24) is 20.0 Å². The first-order valence-electron chi connectivity index (χ1n) is 7.10. The number of carbonyl (C=O) groups is 1. The third-order valence-electron chi connectivity index (χ3n) is 3.02. The van der Waals surface area contributed by atoms with Gasteiger partial charge in [0.05, 0.1) is 0 Å². The Labute approximate surface area is 121 Å². The maximum atomic E-state index is 12.1.